The van der Waals surface area contributed by atoms with Crippen LogP contribution in [0.4, 0.5) is 4.39 Å². The topological polar surface area (TPSA) is 12.0 Å². The monoisotopic (exact) mass is 299 g/mol. The number of halogens is 2. The van der Waals surface area contributed by atoms with E-state index in [0.717, 1.165) is 35.0 Å². The van der Waals surface area contributed by atoms with Gasteiger partial charge in [-0.25, -0.2) is 4.39 Å². The molecule has 1 rings (SSSR count). The number of hydrogen-bond acceptors (Lipinski definition) is 1. The van der Waals surface area contributed by atoms with Crippen molar-refractivity contribution in [1.82, 2.24) is 5.32 Å². The molecule has 0 amide bonds. The van der Waals surface area contributed by atoms with Crippen LogP contribution in [-0.2, 0) is 0 Å². The third kappa shape index (κ3) is 4.60. The van der Waals surface area contributed by atoms with Crippen molar-refractivity contribution in [2.45, 2.75) is 32.7 Å². The van der Waals surface area contributed by atoms with Crippen molar-refractivity contribution in [2.75, 3.05) is 6.54 Å². The lowest BCUT2D eigenvalue weighted by Crippen LogP contribution is -2.21. The van der Waals surface area contributed by atoms with Crippen LogP contribution in [0.25, 0.3) is 0 Å². The van der Waals surface area contributed by atoms with E-state index in [-0.39, 0.29) is 11.9 Å². The molecule has 0 aliphatic heterocycles. The number of hydrogen-bond donors (Lipinski definition) is 1. The molecule has 0 radical (unpaired) electrons. The molecule has 0 fully saturated rings. The van der Waals surface area contributed by atoms with Crippen molar-refractivity contribution in [3.63, 3.8) is 0 Å². The summed E-state index contributed by atoms with van der Waals surface area (Å²) in [5.41, 5.74) is 2.13. The van der Waals surface area contributed by atoms with Crippen LogP contribution in [0.3, 0.4) is 0 Å². The van der Waals surface area contributed by atoms with Crippen LogP contribution in [0.5, 0.6) is 0 Å². The summed E-state index contributed by atoms with van der Waals surface area (Å²) in [5, 5.41) is 3.38. The average molecular weight is 300 g/mol. The van der Waals surface area contributed by atoms with Gasteiger partial charge in [-0.15, -0.1) is 6.58 Å². The fraction of sp³-hybridized carbons (Fsp3) is 0.429. The molecule has 94 valence electrons. The van der Waals surface area contributed by atoms with E-state index in [1.807, 2.05) is 6.92 Å². The van der Waals surface area contributed by atoms with Crippen molar-refractivity contribution in [3.05, 3.63) is 46.2 Å². The molecular weight excluding hydrogens is 281 g/mol. The molecule has 0 heterocycles. The summed E-state index contributed by atoms with van der Waals surface area (Å²) in [6.07, 6.45) is 1.88. The predicted molar refractivity (Wildman–Crippen MR) is 74.6 cm³/mol. The zero-order valence-corrected chi connectivity index (χ0v) is 12.0. The minimum absolute atomic E-state index is 0.168. The van der Waals surface area contributed by atoms with E-state index in [2.05, 4.69) is 34.7 Å². The highest BCUT2D eigenvalue weighted by Crippen LogP contribution is 2.28. The van der Waals surface area contributed by atoms with Gasteiger partial charge in [-0.1, -0.05) is 28.4 Å². The molecule has 0 aliphatic carbocycles. The Balaban J connectivity index is 2.87. The normalized spacial score (nSPS) is 12.5. The molecule has 0 aromatic heterocycles. The van der Waals surface area contributed by atoms with Gasteiger partial charge in [0.15, 0.2) is 0 Å². The Morgan fingerprint density at radius 2 is 2.24 bits per heavy atom. The van der Waals surface area contributed by atoms with Crippen LogP contribution in [0.1, 0.15) is 38.3 Å². The van der Waals surface area contributed by atoms with Gasteiger partial charge in [-0.3, -0.25) is 0 Å². The minimum atomic E-state index is -0.193. The van der Waals surface area contributed by atoms with E-state index in [1.165, 1.54) is 6.07 Å². The molecule has 1 unspecified atom stereocenters. The number of benzene rings is 1. The van der Waals surface area contributed by atoms with E-state index in [1.54, 1.807) is 12.1 Å². The van der Waals surface area contributed by atoms with Crippen molar-refractivity contribution in [1.29, 1.82) is 0 Å². The molecule has 1 nitrogen and oxygen atoms in total. The van der Waals surface area contributed by atoms with Crippen LogP contribution in [0.15, 0.2) is 34.8 Å². The highest BCUT2D eigenvalue weighted by atomic mass is 79.9. The van der Waals surface area contributed by atoms with Crippen molar-refractivity contribution in [2.24, 2.45) is 0 Å². The van der Waals surface area contributed by atoms with Crippen LogP contribution >= 0.6 is 15.9 Å². The second-order valence-corrected chi connectivity index (χ2v) is 5.13. The maximum absolute atomic E-state index is 13.3. The average Bonchev–Trinajstić information content (AvgIpc) is 2.27. The van der Waals surface area contributed by atoms with E-state index < -0.39 is 0 Å². The van der Waals surface area contributed by atoms with Gasteiger partial charge >= 0.3 is 0 Å². The molecule has 1 N–H and O–H groups in total. The highest BCUT2D eigenvalue weighted by molar-refractivity contribution is 9.10. The number of nitrogens with one attached hydrogen (secondary N) is 1. The summed E-state index contributed by atoms with van der Waals surface area (Å²) in [4.78, 5) is 0. The molecule has 1 aromatic carbocycles. The summed E-state index contributed by atoms with van der Waals surface area (Å²) in [6.45, 7) is 8.85. The maximum atomic E-state index is 13.3. The summed E-state index contributed by atoms with van der Waals surface area (Å²) in [5.74, 6) is -0.193. The van der Waals surface area contributed by atoms with Gasteiger partial charge in [-0.05, 0) is 50.1 Å². The van der Waals surface area contributed by atoms with Gasteiger partial charge in [-0.2, -0.15) is 0 Å². The first-order chi connectivity index (χ1) is 8.04. The van der Waals surface area contributed by atoms with Crippen LogP contribution in [-0.4, -0.2) is 6.54 Å². The van der Waals surface area contributed by atoms with Gasteiger partial charge in [0.05, 0.1) is 0 Å². The molecule has 1 aromatic rings. The first-order valence-corrected chi connectivity index (χ1v) is 6.66. The molecular formula is C14H19BrFN. The quantitative estimate of drug-likeness (QED) is 0.757. The largest absolute Gasteiger partial charge is 0.310 e. The SMILES string of the molecule is C=C(C)CCC(NCC)c1cc(F)ccc1Br. The molecule has 0 spiro atoms. The number of rotatable bonds is 6. The maximum Gasteiger partial charge on any atom is 0.123 e. The smallest absolute Gasteiger partial charge is 0.123 e. The molecule has 0 bridgehead atoms. The Hall–Kier alpha value is -0.670. The van der Waals surface area contributed by atoms with E-state index in [9.17, 15) is 4.39 Å². The first kappa shape index (κ1) is 14.4. The van der Waals surface area contributed by atoms with Crippen molar-refractivity contribution < 1.29 is 4.39 Å². The lowest BCUT2D eigenvalue weighted by molar-refractivity contribution is 0.508. The van der Waals surface area contributed by atoms with E-state index >= 15 is 0 Å². The lowest BCUT2D eigenvalue weighted by Gasteiger charge is -2.20. The zero-order chi connectivity index (χ0) is 12.8. The molecule has 3 heteroatoms. The number of allylic oxidation sites excluding steroid dienone is 1. The molecule has 0 saturated carbocycles. The Bertz CT molecular complexity index is 390. The predicted octanol–water partition coefficient (Wildman–Crippen LogP) is 4.60. The summed E-state index contributed by atoms with van der Waals surface area (Å²) in [6, 6.07) is 4.99. The Kier molecular flexibility index (Phi) is 5.86. The van der Waals surface area contributed by atoms with Gasteiger partial charge in [0.2, 0.25) is 0 Å². The summed E-state index contributed by atoms with van der Waals surface area (Å²) < 4.78 is 14.2. The van der Waals surface area contributed by atoms with Gasteiger partial charge in [0, 0.05) is 10.5 Å². The first-order valence-electron chi connectivity index (χ1n) is 5.87. The summed E-state index contributed by atoms with van der Waals surface area (Å²) in [7, 11) is 0. The fourth-order valence-electron chi connectivity index (χ4n) is 1.79. The standard InChI is InChI=1S/C14H19BrFN/c1-4-17-14(8-5-10(2)3)12-9-11(16)6-7-13(12)15/h6-7,9,14,17H,2,4-5,8H2,1,3H3. The Morgan fingerprint density at radius 1 is 1.53 bits per heavy atom. The van der Waals surface area contributed by atoms with Gasteiger partial charge in [0.25, 0.3) is 0 Å². The Morgan fingerprint density at radius 3 is 2.82 bits per heavy atom. The molecule has 0 aliphatic rings. The highest BCUT2D eigenvalue weighted by Gasteiger charge is 2.14. The molecule has 17 heavy (non-hydrogen) atoms. The van der Waals surface area contributed by atoms with E-state index in [4.69, 9.17) is 0 Å². The van der Waals surface area contributed by atoms with E-state index in [0.29, 0.717) is 0 Å². The molecule has 0 saturated heterocycles. The Labute approximate surface area is 111 Å². The van der Waals surface area contributed by atoms with Crippen LogP contribution < -0.4 is 5.32 Å². The molecule has 1 atom stereocenters. The van der Waals surface area contributed by atoms with Gasteiger partial charge in [0.1, 0.15) is 5.82 Å². The minimum Gasteiger partial charge on any atom is -0.310 e. The zero-order valence-electron chi connectivity index (χ0n) is 10.4. The van der Waals surface area contributed by atoms with Gasteiger partial charge < -0.3 is 5.32 Å². The second-order valence-electron chi connectivity index (χ2n) is 4.27. The summed E-state index contributed by atoms with van der Waals surface area (Å²) >= 11 is 3.48. The lowest BCUT2D eigenvalue weighted by atomic mass is 10.00. The van der Waals surface area contributed by atoms with Crippen molar-refractivity contribution >= 4 is 15.9 Å². The van der Waals surface area contributed by atoms with Crippen LogP contribution in [0.2, 0.25) is 0 Å². The fourth-order valence-corrected chi connectivity index (χ4v) is 2.31. The third-order valence-corrected chi connectivity index (χ3v) is 3.37. The second kappa shape index (κ2) is 6.92. The third-order valence-electron chi connectivity index (χ3n) is 2.64. The van der Waals surface area contributed by atoms with Crippen molar-refractivity contribution in [3.8, 4) is 0 Å². The van der Waals surface area contributed by atoms with Crippen LogP contribution in [0, 0.1) is 5.82 Å².